The van der Waals surface area contributed by atoms with Gasteiger partial charge < -0.3 is 15.6 Å². The van der Waals surface area contributed by atoms with Crippen LogP contribution in [0, 0.1) is 11.3 Å². The smallest absolute Gasteiger partial charge is 0.253 e. The molecule has 0 unspecified atom stereocenters. The number of nitrogens with one attached hydrogen (secondary N) is 1. The van der Waals surface area contributed by atoms with Crippen LogP contribution in [-0.4, -0.2) is 10.5 Å². The van der Waals surface area contributed by atoms with Gasteiger partial charge in [0.25, 0.3) is 5.91 Å². The number of carbonyl (C=O) groups excluding carboxylic acids is 1. The third-order valence-corrected chi connectivity index (χ3v) is 4.46. The van der Waals surface area contributed by atoms with Gasteiger partial charge in [-0.1, -0.05) is 55.1 Å². The Morgan fingerprint density at radius 1 is 1.00 bits per heavy atom. The van der Waals surface area contributed by atoms with Crippen LogP contribution in [0.25, 0.3) is 5.70 Å². The lowest BCUT2D eigenvalue weighted by atomic mass is 10.1. The molecule has 0 saturated carbocycles. The summed E-state index contributed by atoms with van der Waals surface area (Å²) in [6.45, 7) is 4.82. The number of rotatable bonds is 7. The summed E-state index contributed by atoms with van der Waals surface area (Å²) in [5.74, 6) is -0.115. The molecule has 0 radical (unpaired) electrons. The van der Waals surface area contributed by atoms with Crippen LogP contribution >= 0.6 is 0 Å². The zero-order valence-corrected chi connectivity index (χ0v) is 15.6. The minimum atomic E-state index is -0.115. The molecule has 0 aliphatic heterocycles. The van der Waals surface area contributed by atoms with Gasteiger partial charge in [-0.15, -0.1) is 0 Å². The standard InChI is InChI=1S/C23H22N4O/c1-17(25)21-8-6-19(7-9-21)14-26-23(28)22-11-13-27(16-22)15-20-4-2-18(3-5-20)10-12-24/h2-9,11,13,16H,1,10,14-15,25H2,(H,26,28). The molecule has 5 heteroatoms. The van der Waals surface area contributed by atoms with E-state index in [9.17, 15) is 4.79 Å². The van der Waals surface area contributed by atoms with Crippen LogP contribution in [0.1, 0.15) is 32.6 Å². The molecule has 1 heterocycles. The fraction of sp³-hybridized carbons (Fsp3) is 0.130. The van der Waals surface area contributed by atoms with Crippen molar-refractivity contribution in [3.8, 4) is 6.07 Å². The fourth-order valence-electron chi connectivity index (χ4n) is 2.86. The normalized spacial score (nSPS) is 10.2. The molecule has 3 rings (SSSR count). The van der Waals surface area contributed by atoms with E-state index < -0.39 is 0 Å². The Hall–Kier alpha value is -3.78. The Morgan fingerprint density at radius 2 is 1.64 bits per heavy atom. The van der Waals surface area contributed by atoms with E-state index in [4.69, 9.17) is 11.0 Å². The predicted octanol–water partition coefficient (Wildman–Crippen LogP) is 3.46. The molecule has 140 valence electrons. The molecule has 3 N–H and O–H groups in total. The number of aromatic nitrogens is 1. The highest BCUT2D eigenvalue weighted by Gasteiger charge is 2.08. The van der Waals surface area contributed by atoms with Crippen molar-refractivity contribution >= 4 is 11.6 Å². The van der Waals surface area contributed by atoms with E-state index in [1.807, 2.05) is 65.5 Å². The second-order valence-electron chi connectivity index (χ2n) is 6.63. The van der Waals surface area contributed by atoms with Crippen molar-refractivity contribution in [1.82, 2.24) is 9.88 Å². The lowest BCUT2D eigenvalue weighted by Crippen LogP contribution is -2.22. The van der Waals surface area contributed by atoms with E-state index in [-0.39, 0.29) is 5.91 Å². The first kappa shape index (κ1) is 19.0. The molecule has 5 nitrogen and oxygen atoms in total. The summed E-state index contributed by atoms with van der Waals surface area (Å²) in [5, 5.41) is 11.7. The SMILES string of the molecule is C=C(N)c1ccc(CNC(=O)c2ccn(Cc3ccc(CC#N)cc3)c2)cc1. The molecule has 1 aromatic heterocycles. The van der Waals surface area contributed by atoms with E-state index >= 15 is 0 Å². The summed E-state index contributed by atoms with van der Waals surface area (Å²) in [6, 6.07) is 19.5. The van der Waals surface area contributed by atoms with Crippen molar-refractivity contribution in [2.24, 2.45) is 5.73 Å². The maximum Gasteiger partial charge on any atom is 0.253 e. The highest BCUT2D eigenvalue weighted by Crippen LogP contribution is 2.11. The third kappa shape index (κ3) is 4.89. The second kappa shape index (κ2) is 8.74. The first-order chi connectivity index (χ1) is 13.5. The molecule has 0 atom stereocenters. The third-order valence-electron chi connectivity index (χ3n) is 4.46. The Balaban J connectivity index is 1.56. The maximum absolute atomic E-state index is 12.4. The first-order valence-corrected chi connectivity index (χ1v) is 8.97. The van der Waals surface area contributed by atoms with Crippen molar-refractivity contribution in [2.45, 2.75) is 19.5 Å². The van der Waals surface area contributed by atoms with Crippen molar-refractivity contribution < 1.29 is 4.79 Å². The van der Waals surface area contributed by atoms with E-state index in [2.05, 4.69) is 18.0 Å². The van der Waals surface area contributed by atoms with Gasteiger partial charge in [0, 0.05) is 31.2 Å². The summed E-state index contributed by atoms with van der Waals surface area (Å²) in [5.41, 5.74) is 10.8. The minimum absolute atomic E-state index is 0.115. The highest BCUT2D eigenvalue weighted by molar-refractivity contribution is 5.94. The Kier molecular flexibility index (Phi) is 5.93. The van der Waals surface area contributed by atoms with E-state index in [0.717, 1.165) is 22.3 Å². The summed E-state index contributed by atoms with van der Waals surface area (Å²) in [4.78, 5) is 12.4. The lowest BCUT2D eigenvalue weighted by molar-refractivity contribution is 0.0951. The Morgan fingerprint density at radius 3 is 2.29 bits per heavy atom. The minimum Gasteiger partial charge on any atom is -0.399 e. The first-order valence-electron chi connectivity index (χ1n) is 8.97. The summed E-state index contributed by atoms with van der Waals surface area (Å²) in [7, 11) is 0. The van der Waals surface area contributed by atoms with Crippen LogP contribution < -0.4 is 11.1 Å². The molecule has 3 aromatic rings. The molecule has 0 saturated heterocycles. The fourth-order valence-corrected chi connectivity index (χ4v) is 2.86. The number of carbonyl (C=O) groups is 1. The van der Waals surface area contributed by atoms with Gasteiger partial charge in [0.2, 0.25) is 0 Å². The number of nitrogens with zero attached hydrogens (tertiary/aromatic N) is 2. The molecule has 0 fully saturated rings. The maximum atomic E-state index is 12.4. The van der Waals surface area contributed by atoms with Gasteiger partial charge in [-0.05, 0) is 28.3 Å². The van der Waals surface area contributed by atoms with Gasteiger partial charge >= 0.3 is 0 Å². The highest BCUT2D eigenvalue weighted by atomic mass is 16.1. The molecule has 0 spiro atoms. The summed E-state index contributed by atoms with van der Waals surface area (Å²) < 4.78 is 1.97. The average molecular weight is 370 g/mol. The van der Waals surface area contributed by atoms with E-state index in [0.29, 0.717) is 30.8 Å². The number of hydrogen-bond donors (Lipinski definition) is 2. The molecule has 0 aliphatic rings. The van der Waals surface area contributed by atoms with Crippen molar-refractivity contribution in [3.63, 3.8) is 0 Å². The van der Waals surface area contributed by atoms with Crippen LogP contribution in [0.15, 0.2) is 73.6 Å². The van der Waals surface area contributed by atoms with Gasteiger partial charge in [0.15, 0.2) is 0 Å². The zero-order valence-electron chi connectivity index (χ0n) is 15.6. The molecule has 2 aromatic carbocycles. The Labute approximate surface area is 164 Å². The average Bonchev–Trinajstić information content (AvgIpc) is 3.17. The van der Waals surface area contributed by atoms with Crippen molar-refractivity contribution in [2.75, 3.05) is 0 Å². The summed E-state index contributed by atoms with van der Waals surface area (Å²) >= 11 is 0. The van der Waals surface area contributed by atoms with Crippen molar-refractivity contribution in [3.05, 3.63) is 101 Å². The molecule has 28 heavy (non-hydrogen) atoms. The van der Waals surface area contributed by atoms with Crippen LogP contribution in [0.5, 0.6) is 0 Å². The monoisotopic (exact) mass is 370 g/mol. The lowest BCUT2D eigenvalue weighted by Gasteiger charge is -2.06. The number of nitrogens with two attached hydrogens (primary N) is 1. The van der Waals surface area contributed by atoms with Crippen LogP contribution in [0.3, 0.4) is 0 Å². The number of nitriles is 1. The van der Waals surface area contributed by atoms with E-state index in [1.54, 1.807) is 6.07 Å². The molecule has 0 bridgehead atoms. The van der Waals surface area contributed by atoms with Gasteiger partial charge in [0.1, 0.15) is 0 Å². The second-order valence-corrected chi connectivity index (χ2v) is 6.63. The largest absolute Gasteiger partial charge is 0.399 e. The van der Waals surface area contributed by atoms with Gasteiger partial charge in [0.05, 0.1) is 18.1 Å². The van der Waals surface area contributed by atoms with E-state index in [1.165, 1.54) is 0 Å². The Bertz CT molecular complexity index is 1010. The number of hydrogen-bond acceptors (Lipinski definition) is 3. The van der Waals surface area contributed by atoms with Crippen LogP contribution in [-0.2, 0) is 19.5 Å². The van der Waals surface area contributed by atoms with Crippen LogP contribution in [0.2, 0.25) is 0 Å². The van der Waals surface area contributed by atoms with Crippen LogP contribution in [0.4, 0.5) is 0 Å². The molecular formula is C23H22N4O. The quantitative estimate of drug-likeness (QED) is 0.668. The number of benzene rings is 2. The van der Waals surface area contributed by atoms with Gasteiger partial charge in [-0.3, -0.25) is 4.79 Å². The molecular weight excluding hydrogens is 348 g/mol. The molecule has 0 aliphatic carbocycles. The zero-order chi connectivity index (χ0) is 19.9. The van der Waals surface area contributed by atoms with Gasteiger partial charge in [-0.2, -0.15) is 5.26 Å². The molecule has 1 amide bonds. The predicted molar refractivity (Wildman–Crippen MR) is 110 cm³/mol. The topological polar surface area (TPSA) is 83.8 Å². The summed E-state index contributed by atoms with van der Waals surface area (Å²) in [6.07, 6.45) is 4.14. The van der Waals surface area contributed by atoms with Crippen molar-refractivity contribution in [1.29, 1.82) is 5.26 Å². The number of amides is 1. The van der Waals surface area contributed by atoms with Gasteiger partial charge in [-0.25, -0.2) is 0 Å².